The highest BCUT2D eigenvalue weighted by Crippen LogP contribution is 1.96. The van der Waals surface area contributed by atoms with Crippen molar-refractivity contribution in [2.45, 2.75) is 27.7 Å². The second kappa shape index (κ2) is 6.40. The van der Waals surface area contributed by atoms with Crippen LogP contribution in [0.15, 0.2) is 16.6 Å². The minimum absolute atomic E-state index is 0. The maximum absolute atomic E-state index is 10.7. The van der Waals surface area contributed by atoms with Crippen LogP contribution in [0.3, 0.4) is 0 Å². The zero-order chi connectivity index (χ0) is 10.3. The monoisotopic (exact) mass is 184 g/mol. The van der Waals surface area contributed by atoms with Crippen molar-refractivity contribution in [3.8, 4) is 0 Å². The van der Waals surface area contributed by atoms with E-state index in [-0.39, 0.29) is 7.33 Å². The summed E-state index contributed by atoms with van der Waals surface area (Å²) < 4.78 is 0. The van der Waals surface area contributed by atoms with Crippen molar-refractivity contribution in [1.82, 2.24) is 5.32 Å². The predicted molar refractivity (Wildman–Crippen MR) is 58.2 cm³/mol. The van der Waals surface area contributed by atoms with E-state index in [2.05, 4.69) is 10.3 Å². The molecule has 0 unspecified atom stereocenters. The number of nitrogens with zero attached hydrogens (tertiary/aromatic N) is 1. The first-order valence-corrected chi connectivity index (χ1v) is 4.52. The largest absolute Gasteiger partial charge is 0.352 e. The van der Waals surface area contributed by atoms with E-state index < -0.39 is 0 Å². The van der Waals surface area contributed by atoms with Crippen LogP contribution < -0.4 is 5.32 Å². The third-order valence-electron chi connectivity index (χ3n) is 1.74. The Bertz CT molecular complexity index is 234. The summed E-state index contributed by atoms with van der Waals surface area (Å²) in [6.45, 7) is 8.77. The minimum atomic E-state index is -0.0105. The standard InChI is InChI=1S/C10H18N2O.H2/c1-5-10(7-12-9(4)13)8(3)11-6-2;/h5H,6-7H2,1-4H3,(H,12,13);1H/b10-5-,11-8?;. The average Bonchev–Trinajstić information content (AvgIpc) is 2.05. The number of nitrogens with one attached hydrogen (secondary N) is 1. The molecule has 0 aromatic heterocycles. The van der Waals surface area contributed by atoms with E-state index in [1.54, 1.807) is 0 Å². The molecule has 13 heavy (non-hydrogen) atoms. The van der Waals surface area contributed by atoms with Crippen LogP contribution in [0.2, 0.25) is 0 Å². The van der Waals surface area contributed by atoms with Gasteiger partial charge in [0.1, 0.15) is 0 Å². The van der Waals surface area contributed by atoms with Gasteiger partial charge in [0.05, 0.1) is 0 Å². The first kappa shape index (κ1) is 11.9. The summed E-state index contributed by atoms with van der Waals surface area (Å²) in [7, 11) is 0. The first-order chi connectivity index (χ1) is 6.11. The zero-order valence-electron chi connectivity index (χ0n) is 8.85. The van der Waals surface area contributed by atoms with E-state index in [1.807, 2.05) is 26.8 Å². The van der Waals surface area contributed by atoms with E-state index in [1.165, 1.54) is 6.92 Å². The fourth-order valence-electron chi connectivity index (χ4n) is 0.997. The van der Waals surface area contributed by atoms with Crippen LogP contribution in [0.4, 0.5) is 0 Å². The minimum Gasteiger partial charge on any atom is -0.352 e. The molecule has 0 aliphatic heterocycles. The molecule has 0 aromatic rings. The summed E-state index contributed by atoms with van der Waals surface area (Å²) >= 11 is 0. The smallest absolute Gasteiger partial charge is 0.217 e. The fourth-order valence-corrected chi connectivity index (χ4v) is 0.997. The van der Waals surface area contributed by atoms with Gasteiger partial charge in [0, 0.05) is 27.2 Å². The van der Waals surface area contributed by atoms with Gasteiger partial charge in [0.15, 0.2) is 0 Å². The number of amides is 1. The molecule has 3 heteroatoms. The summed E-state index contributed by atoms with van der Waals surface area (Å²) in [5.74, 6) is -0.0105. The Morgan fingerprint density at radius 1 is 1.54 bits per heavy atom. The van der Waals surface area contributed by atoms with Crippen LogP contribution in [0.25, 0.3) is 0 Å². The van der Waals surface area contributed by atoms with Gasteiger partial charge >= 0.3 is 0 Å². The molecule has 0 saturated carbocycles. The summed E-state index contributed by atoms with van der Waals surface area (Å²) in [6.07, 6.45) is 1.98. The number of hydrogen-bond acceptors (Lipinski definition) is 2. The Morgan fingerprint density at radius 2 is 2.15 bits per heavy atom. The van der Waals surface area contributed by atoms with Crippen molar-refractivity contribution >= 4 is 11.6 Å². The number of carbonyl (C=O) groups is 1. The summed E-state index contributed by atoms with van der Waals surface area (Å²) in [5.41, 5.74) is 2.08. The molecule has 0 spiro atoms. The highest BCUT2D eigenvalue weighted by atomic mass is 16.1. The quantitative estimate of drug-likeness (QED) is 0.665. The van der Waals surface area contributed by atoms with Crippen LogP contribution in [0.5, 0.6) is 0 Å². The van der Waals surface area contributed by atoms with Crippen LogP contribution in [-0.2, 0) is 4.79 Å². The third-order valence-corrected chi connectivity index (χ3v) is 1.74. The molecule has 1 N–H and O–H groups in total. The van der Waals surface area contributed by atoms with Gasteiger partial charge in [-0.1, -0.05) is 6.08 Å². The second-order valence-corrected chi connectivity index (χ2v) is 2.78. The van der Waals surface area contributed by atoms with Crippen molar-refractivity contribution in [2.24, 2.45) is 4.99 Å². The van der Waals surface area contributed by atoms with Gasteiger partial charge in [-0.15, -0.1) is 0 Å². The van der Waals surface area contributed by atoms with E-state index in [0.717, 1.165) is 17.8 Å². The molecule has 0 radical (unpaired) electrons. The zero-order valence-corrected chi connectivity index (χ0v) is 8.85. The molecule has 0 atom stereocenters. The highest BCUT2D eigenvalue weighted by Gasteiger charge is 2.00. The summed E-state index contributed by atoms with van der Waals surface area (Å²) in [6, 6.07) is 0. The average molecular weight is 184 g/mol. The van der Waals surface area contributed by atoms with Crippen molar-refractivity contribution in [1.29, 1.82) is 0 Å². The SMILES string of the molecule is C/C=C(/CNC(C)=O)C(C)=NCC.[HH]. The molecule has 0 aliphatic carbocycles. The van der Waals surface area contributed by atoms with Gasteiger partial charge in [0.2, 0.25) is 5.91 Å². The van der Waals surface area contributed by atoms with Crippen LogP contribution >= 0.6 is 0 Å². The van der Waals surface area contributed by atoms with Gasteiger partial charge in [0.25, 0.3) is 0 Å². The lowest BCUT2D eigenvalue weighted by molar-refractivity contribution is -0.118. The molecular weight excluding hydrogens is 164 g/mol. The van der Waals surface area contributed by atoms with E-state index in [4.69, 9.17) is 0 Å². The topological polar surface area (TPSA) is 41.5 Å². The number of carbonyl (C=O) groups excluding carboxylic acids is 1. The normalized spacial score (nSPS) is 12.9. The van der Waals surface area contributed by atoms with Crippen LogP contribution in [0.1, 0.15) is 29.1 Å². The Kier molecular flexibility index (Phi) is 5.85. The molecule has 0 bridgehead atoms. The lowest BCUT2D eigenvalue weighted by Gasteiger charge is -2.06. The van der Waals surface area contributed by atoms with E-state index >= 15 is 0 Å². The van der Waals surface area contributed by atoms with Gasteiger partial charge in [-0.3, -0.25) is 9.79 Å². The summed E-state index contributed by atoms with van der Waals surface area (Å²) in [4.78, 5) is 14.9. The molecule has 1 amide bonds. The number of allylic oxidation sites excluding steroid dienone is 1. The van der Waals surface area contributed by atoms with Gasteiger partial charge in [-0.05, 0) is 26.3 Å². The Labute approximate surface area is 81.4 Å². The maximum Gasteiger partial charge on any atom is 0.217 e. The van der Waals surface area contributed by atoms with E-state index in [9.17, 15) is 4.79 Å². The van der Waals surface area contributed by atoms with Gasteiger partial charge < -0.3 is 5.32 Å². The molecule has 3 nitrogen and oxygen atoms in total. The molecule has 0 saturated heterocycles. The number of rotatable bonds is 4. The Balaban J connectivity index is 0. The predicted octanol–water partition coefficient (Wildman–Crippen LogP) is 1.80. The lowest BCUT2D eigenvalue weighted by Crippen LogP contribution is -2.24. The second-order valence-electron chi connectivity index (χ2n) is 2.78. The van der Waals surface area contributed by atoms with Gasteiger partial charge in [-0.2, -0.15) is 0 Å². The summed E-state index contributed by atoms with van der Waals surface area (Å²) in [5, 5.41) is 2.75. The fraction of sp³-hybridized carbons (Fsp3) is 0.600. The molecule has 0 rings (SSSR count). The molecule has 0 aliphatic rings. The number of hydrogen-bond donors (Lipinski definition) is 1. The lowest BCUT2D eigenvalue weighted by atomic mass is 10.1. The Hall–Kier alpha value is -1.12. The molecule has 0 heterocycles. The van der Waals surface area contributed by atoms with Gasteiger partial charge in [-0.25, -0.2) is 0 Å². The van der Waals surface area contributed by atoms with Crippen molar-refractivity contribution in [3.63, 3.8) is 0 Å². The van der Waals surface area contributed by atoms with Crippen molar-refractivity contribution in [3.05, 3.63) is 11.6 Å². The first-order valence-electron chi connectivity index (χ1n) is 4.52. The number of aliphatic imine (C=N–C) groups is 1. The van der Waals surface area contributed by atoms with E-state index in [0.29, 0.717) is 6.54 Å². The van der Waals surface area contributed by atoms with Crippen molar-refractivity contribution in [2.75, 3.05) is 13.1 Å². The van der Waals surface area contributed by atoms with Crippen LogP contribution in [-0.4, -0.2) is 24.7 Å². The van der Waals surface area contributed by atoms with Crippen LogP contribution in [0, 0.1) is 0 Å². The third kappa shape index (κ3) is 5.17. The Morgan fingerprint density at radius 3 is 2.54 bits per heavy atom. The molecule has 76 valence electrons. The highest BCUT2D eigenvalue weighted by molar-refractivity contribution is 5.98. The maximum atomic E-state index is 10.7. The molecule has 0 aromatic carbocycles. The molecular formula is C10H20N2O. The van der Waals surface area contributed by atoms with Crippen molar-refractivity contribution < 1.29 is 6.22 Å². The molecule has 0 fully saturated rings.